The molecule has 1 N–H and O–H groups in total. The number of hydrogen-bond acceptors (Lipinski definition) is 1. The summed E-state index contributed by atoms with van der Waals surface area (Å²) in [6.07, 6.45) is 8.53. The van der Waals surface area contributed by atoms with Crippen molar-refractivity contribution in [3.63, 3.8) is 0 Å². The minimum atomic E-state index is -0.597. The van der Waals surface area contributed by atoms with Crippen LogP contribution in [0.15, 0.2) is 23.3 Å². The molecule has 0 radical (unpaired) electrons. The second kappa shape index (κ2) is 3.26. The van der Waals surface area contributed by atoms with E-state index in [2.05, 4.69) is 30.0 Å². The minimum absolute atomic E-state index is 0.597. The molecule has 0 heterocycles. The summed E-state index contributed by atoms with van der Waals surface area (Å²) in [4.78, 5) is 0. The topological polar surface area (TPSA) is 20.2 Å². The van der Waals surface area contributed by atoms with E-state index in [9.17, 15) is 5.11 Å². The second-order valence-corrected chi connectivity index (χ2v) is 4.94. The van der Waals surface area contributed by atoms with E-state index in [-0.39, 0.29) is 0 Å². The van der Waals surface area contributed by atoms with Crippen LogP contribution in [-0.2, 0) is 17.9 Å². The summed E-state index contributed by atoms with van der Waals surface area (Å²) in [5.41, 5.74) is 1.73. The number of hydrogen-bond donors (Lipinski definition) is 1. The first kappa shape index (κ1) is 9.49. The molecule has 2 aliphatic carbocycles. The Bertz CT molecular complexity index is 314. The SMILES string of the molecule is CC1=C[C](=[Ru+])C=C2CCCCC12O. The third-order valence-electron chi connectivity index (χ3n) is 3.08. The third kappa shape index (κ3) is 1.51. The van der Waals surface area contributed by atoms with E-state index in [1.54, 1.807) is 0 Å². The van der Waals surface area contributed by atoms with Crippen molar-refractivity contribution in [2.24, 2.45) is 0 Å². The normalized spacial score (nSPS) is 33.5. The van der Waals surface area contributed by atoms with E-state index in [4.69, 9.17) is 0 Å². The van der Waals surface area contributed by atoms with Gasteiger partial charge in [-0.25, -0.2) is 0 Å². The van der Waals surface area contributed by atoms with Crippen molar-refractivity contribution >= 4 is 4.11 Å². The van der Waals surface area contributed by atoms with Gasteiger partial charge in [-0.3, -0.25) is 0 Å². The van der Waals surface area contributed by atoms with Crippen LogP contribution in [0.3, 0.4) is 0 Å². The summed E-state index contributed by atoms with van der Waals surface area (Å²) in [7, 11) is 0. The van der Waals surface area contributed by atoms with Crippen LogP contribution in [0.5, 0.6) is 0 Å². The first-order valence-electron chi connectivity index (χ1n) is 4.76. The van der Waals surface area contributed by atoms with E-state index in [1.165, 1.54) is 16.1 Å². The molecule has 71 valence electrons. The number of rotatable bonds is 0. The van der Waals surface area contributed by atoms with Crippen LogP contribution in [0.1, 0.15) is 32.6 Å². The molecular formula is C11H14ORu+. The van der Waals surface area contributed by atoms with Gasteiger partial charge in [0.2, 0.25) is 0 Å². The van der Waals surface area contributed by atoms with Gasteiger partial charge in [0.25, 0.3) is 0 Å². The predicted molar refractivity (Wildman–Crippen MR) is 50.3 cm³/mol. The molecule has 0 aliphatic heterocycles. The molecule has 2 rings (SSSR count). The molecule has 0 spiro atoms. The van der Waals surface area contributed by atoms with Gasteiger partial charge in [-0.15, -0.1) is 0 Å². The molecule has 2 heteroatoms. The van der Waals surface area contributed by atoms with Gasteiger partial charge in [0.05, 0.1) is 0 Å². The van der Waals surface area contributed by atoms with Crippen LogP contribution < -0.4 is 0 Å². The molecule has 0 aromatic carbocycles. The monoisotopic (exact) mass is 264 g/mol. The molecule has 1 fully saturated rings. The maximum atomic E-state index is 10.4. The third-order valence-corrected chi connectivity index (χ3v) is 3.58. The van der Waals surface area contributed by atoms with Crippen LogP contribution >= 0.6 is 0 Å². The molecule has 13 heavy (non-hydrogen) atoms. The fourth-order valence-electron chi connectivity index (χ4n) is 2.23. The second-order valence-electron chi connectivity index (χ2n) is 3.94. The van der Waals surface area contributed by atoms with Gasteiger partial charge in [-0.1, -0.05) is 0 Å². The summed E-state index contributed by atoms with van der Waals surface area (Å²) in [6.45, 7) is 2.03. The summed E-state index contributed by atoms with van der Waals surface area (Å²) in [5.74, 6) is 0. The van der Waals surface area contributed by atoms with Gasteiger partial charge >= 0.3 is 88.6 Å². The molecule has 0 saturated heterocycles. The molecule has 2 aliphatic rings. The van der Waals surface area contributed by atoms with Crippen LogP contribution in [0.2, 0.25) is 0 Å². The van der Waals surface area contributed by atoms with Gasteiger partial charge in [0.1, 0.15) is 0 Å². The summed E-state index contributed by atoms with van der Waals surface area (Å²) < 4.78 is 1.21. The zero-order chi connectivity index (χ0) is 9.47. The zero-order valence-corrected chi connectivity index (χ0v) is 9.52. The van der Waals surface area contributed by atoms with Crippen LogP contribution in [0.25, 0.3) is 0 Å². The Morgan fingerprint density at radius 3 is 2.92 bits per heavy atom. The molecule has 1 nitrogen and oxygen atoms in total. The van der Waals surface area contributed by atoms with Crippen molar-refractivity contribution in [3.05, 3.63) is 23.3 Å². The first-order chi connectivity index (χ1) is 6.13. The Morgan fingerprint density at radius 2 is 2.15 bits per heavy atom. The number of aliphatic hydroxyl groups is 1. The van der Waals surface area contributed by atoms with Crippen molar-refractivity contribution in [2.75, 3.05) is 0 Å². The molecule has 0 amide bonds. The van der Waals surface area contributed by atoms with Gasteiger partial charge < -0.3 is 0 Å². The molecular weight excluding hydrogens is 249 g/mol. The molecule has 1 saturated carbocycles. The zero-order valence-electron chi connectivity index (χ0n) is 7.78. The van der Waals surface area contributed by atoms with E-state index < -0.39 is 5.60 Å². The van der Waals surface area contributed by atoms with Crippen molar-refractivity contribution in [1.82, 2.24) is 0 Å². The van der Waals surface area contributed by atoms with E-state index in [0.29, 0.717) is 0 Å². The number of fused-ring (bicyclic) bond motifs is 1. The van der Waals surface area contributed by atoms with Crippen molar-refractivity contribution in [3.8, 4) is 0 Å². The standard InChI is InChI=1S/C11H14O.Ru/c1-9-5-4-7-10-6-2-3-8-11(9,10)12;/h5,7,12H,2-3,6,8H2,1H3;/q;+1. The van der Waals surface area contributed by atoms with Gasteiger partial charge in [0.15, 0.2) is 0 Å². The van der Waals surface area contributed by atoms with Crippen LogP contribution in [0, 0.1) is 0 Å². The van der Waals surface area contributed by atoms with E-state index >= 15 is 0 Å². The Balaban J connectivity index is 2.42. The van der Waals surface area contributed by atoms with Gasteiger partial charge in [0, 0.05) is 0 Å². The number of allylic oxidation sites excluding steroid dienone is 2. The fourth-order valence-corrected chi connectivity index (χ4v) is 2.91. The summed E-state index contributed by atoms with van der Waals surface area (Å²) >= 11 is 2.61. The maximum absolute atomic E-state index is 10.4. The van der Waals surface area contributed by atoms with Crippen LogP contribution in [-0.4, -0.2) is 14.8 Å². The Labute approximate surface area is 88.7 Å². The summed E-state index contributed by atoms with van der Waals surface area (Å²) in [5, 5.41) is 10.4. The fraction of sp³-hybridized carbons (Fsp3) is 0.545. The van der Waals surface area contributed by atoms with Gasteiger partial charge in [-0.05, 0) is 0 Å². The Hall–Kier alpha value is -0.0666. The first-order valence-corrected chi connectivity index (χ1v) is 5.63. The summed E-state index contributed by atoms with van der Waals surface area (Å²) in [6, 6.07) is 0. The van der Waals surface area contributed by atoms with E-state index in [1.807, 2.05) is 6.92 Å². The van der Waals surface area contributed by atoms with Crippen molar-refractivity contribution in [2.45, 2.75) is 38.2 Å². The Morgan fingerprint density at radius 1 is 1.38 bits per heavy atom. The average Bonchev–Trinajstić information content (AvgIpc) is 2.07. The average molecular weight is 263 g/mol. The molecule has 0 bridgehead atoms. The van der Waals surface area contributed by atoms with Gasteiger partial charge in [-0.2, -0.15) is 0 Å². The molecule has 0 aromatic heterocycles. The van der Waals surface area contributed by atoms with Crippen LogP contribution in [0.4, 0.5) is 0 Å². The van der Waals surface area contributed by atoms with Crippen molar-refractivity contribution in [1.29, 1.82) is 0 Å². The quantitative estimate of drug-likeness (QED) is 0.662. The molecule has 1 atom stereocenters. The predicted octanol–water partition coefficient (Wildman–Crippen LogP) is 1.90. The van der Waals surface area contributed by atoms with Crippen molar-refractivity contribution < 1.29 is 23.0 Å². The Kier molecular flexibility index (Phi) is 2.38. The molecule has 1 unspecified atom stereocenters. The van der Waals surface area contributed by atoms with E-state index in [0.717, 1.165) is 24.8 Å². The molecule has 0 aromatic rings.